The third kappa shape index (κ3) is 3.43. The quantitative estimate of drug-likeness (QED) is 0.677. The molecule has 0 aliphatic carbocycles. The van der Waals surface area contributed by atoms with E-state index in [2.05, 4.69) is 21.2 Å². The van der Waals surface area contributed by atoms with Crippen LogP contribution in [0.15, 0.2) is 48.5 Å². The number of aromatic amines is 1. The SMILES string of the molecule is N#CC1C(=N)Oc2n[nH]c(-c3ccc(F)cc3)c2C1c1ccc(N2CCOCC2)cc1. The van der Waals surface area contributed by atoms with Crippen molar-refractivity contribution in [2.45, 2.75) is 5.92 Å². The molecule has 2 aliphatic heterocycles. The summed E-state index contributed by atoms with van der Waals surface area (Å²) >= 11 is 0. The number of hydrogen-bond acceptors (Lipinski definition) is 6. The Balaban J connectivity index is 1.57. The molecule has 0 spiro atoms. The van der Waals surface area contributed by atoms with Crippen LogP contribution in [-0.4, -0.2) is 42.4 Å². The molecule has 0 saturated carbocycles. The summed E-state index contributed by atoms with van der Waals surface area (Å²) in [6.45, 7) is 3.08. The predicted molar refractivity (Wildman–Crippen MR) is 113 cm³/mol. The first-order chi connectivity index (χ1) is 15.2. The van der Waals surface area contributed by atoms with Crippen LogP contribution in [0.1, 0.15) is 17.0 Å². The maximum absolute atomic E-state index is 13.4. The van der Waals surface area contributed by atoms with Crippen LogP contribution in [0.5, 0.6) is 5.88 Å². The van der Waals surface area contributed by atoms with E-state index < -0.39 is 11.8 Å². The summed E-state index contributed by atoms with van der Waals surface area (Å²) in [5.41, 5.74) is 4.08. The van der Waals surface area contributed by atoms with E-state index in [1.165, 1.54) is 12.1 Å². The van der Waals surface area contributed by atoms with Crippen LogP contribution in [0, 0.1) is 28.5 Å². The van der Waals surface area contributed by atoms with Crippen molar-refractivity contribution in [3.8, 4) is 23.2 Å². The molecule has 3 aromatic rings. The zero-order valence-electron chi connectivity index (χ0n) is 16.6. The number of morpholine rings is 1. The number of aromatic nitrogens is 2. The molecular weight excluding hydrogens is 397 g/mol. The lowest BCUT2D eigenvalue weighted by atomic mass is 9.79. The van der Waals surface area contributed by atoms with Gasteiger partial charge in [0.1, 0.15) is 11.7 Å². The topological polar surface area (TPSA) is 98.0 Å². The van der Waals surface area contributed by atoms with E-state index in [0.717, 1.165) is 29.9 Å². The first-order valence-electron chi connectivity index (χ1n) is 10.1. The molecule has 0 amide bonds. The molecule has 0 bridgehead atoms. The van der Waals surface area contributed by atoms with Gasteiger partial charge in [0.2, 0.25) is 11.8 Å². The summed E-state index contributed by atoms with van der Waals surface area (Å²) in [4.78, 5) is 2.26. The number of nitrogens with zero attached hydrogens (tertiary/aromatic N) is 3. The Morgan fingerprint density at radius 3 is 2.48 bits per heavy atom. The van der Waals surface area contributed by atoms with Crippen LogP contribution in [0.2, 0.25) is 0 Å². The fraction of sp³-hybridized carbons (Fsp3) is 0.261. The maximum atomic E-state index is 13.4. The van der Waals surface area contributed by atoms with Gasteiger partial charge in [-0.3, -0.25) is 10.5 Å². The number of hydrogen-bond donors (Lipinski definition) is 2. The molecule has 2 N–H and O–H groups in total. The predicted octanol–water partition coefficient (Wildman–Crippen LogP) is 3.69. The van der Waals surface area contributed by atoms with Crippen LogP contribution in [0.3, 0.4) is 0 Å². The molecule has 2 atom stereocenters. The molecule has 0 radical (unpaired) electrons. The Hall–Kier alpha value is -3.70. The molecule has 156 valence electrons. The number of rotatable bonds is 3. The van der Waals surface area contributed by atoms with Crippen LogP contribution < -0.4 is 9.64 Å². The summed E-state index contributed by atoms with van der Waals surface area (Å²) in [7, 11) is 0. The number of nitriles is 1. The lowest BCUT2D eigenvalue weighted by molar-refractivity contribution is 0.122. The second-order valence-electron chi connectivity index (χ2n) is 7.57. The Morgan fingerprint density at radius 2 is 1.81 bits per heavy atom. The molecule has 2 aromatic carbocycles. The van der Waals surface area contributed by atoms with Gasteiger partial charge in [-0.05, 0) is 42.0 Å². The van der Waals surface area contributed by atoms with Crippen molar-refractivity contribution in [2.75, 3.05) is 31.2 Å². The second kappa shape index (κ2) is 7.85. The Kier molecular flexibility index (Phi) is 4.88. The number of benzene rings is 2. The van der Waals surface area contributed by atoms with Crippen LogP contribution in [-0.2, 0) is 4.74 Å². The average molecular weight is 417 g/mol. The van der Waals surface area contributed by atoms with Gasteiger partial charge >= 0.3 is 0 Å². The molecule has 31 heavy (non-hydrogen) atoms. The first-order valence-corrected chi connectivity index (χ1v) is 10.1. The molecule has 8 heteroatoms. The Morgan fingerprint density at radius 1 is 1.10 bits per heavy atom. The minimum atomic E-state index is -0.793. The summed E-state index contributed by atoms with van der Waals surface area (Å²) in [5.74, 6) is -1.41. The number of H-pyrrole nitrogens is 1. The fourth-order valence-electron chi connectivity index (χ4n) is 4.23. The van der Waals surface area contributed by atoms with E-state index in [9.17, 15) is 9.65 Å². The highest BCUT2D eigenvalue weighted by Gasteiger charge is 2.40. The van der Waals surface area contributed by atoms with Gasteiger partial charge in [-0.25, -0.2) is 4.39 Å². The van der Waals surface area contributed by atoms with Crippen LogP contribution in [0.25, 0.3) is 11.3 Å². The molecule has 1 fully saturated rings. The molecule has 1 saturated heterocycles. The minimum Gasteiger partial charge on any atom is -0.422 e. The van der Waals surface area contributed by atoms with E-state index in [1.807, 2.05) is 24.3 Å². The van der Waals surface area contributed by atoms with Crippen LogP contribution >= 0.6 is 0 Å². The van der Waals surface area contributed by atoms with Crippen molar-refractivity contribution in [1.82, 2.24) is 10.2 Å². The highest BCUT2D eigenvalue weighted by molar-refractivity contribution is 5.86. The lowest BCUT2D eigenvalue weighted by Crippen LogP contribution is -2.36. The normalized spacial score (nSPS) is 20.6. The number of fused-ring (bicyclic) bond motifs is 1. The van der Waals surface area contributed by atoms with E-state index in [4.69, 9.17) is 14.9 Å². The maximum Gasteiger partial charge on any atom is 0.244 e. The molecule has 1 aromatic heterocycles. The van der Waals surface area contributed by atoms with Gasteiger partial charge in [0.25, 0.3) is 0 Å². The number of anilines is 1. The molecule has 5 rings (SSSR count). The van der Waals surface area contributed by atoms with Crippen molar-refractivity contribution in [3.05, 3.63) is 65.5 Å². The van der Waals surface area contributed by atoms with E-state index in [1.54, 1.807) is 12.1 Å². The summed E-state index contributed by atoms with van der Waals surface area (Å²) in [6.07, 6.45) is 0. The van der Waals surface area contributed by atoms with Crippen molar-refractivity contribution >= 4 is 11.6 Å². The molecule has 2 aliphatic rings. The highest BCUT2D eigenvalue weighted by atomic mass is 19.1. The summed E-state index contributed by atoms with van der Waals surface area (Å²) in [5, 5.41) is 25.3. The highest BCUT2D eigenvalue weighted by Crippen LogP contribution is 2.45. The smallest absolute Gasteiger partial charge is 0.244 e. The molecular formula is C23H20FN5O2. The largest absolute Gasteiger partial charge is 0.422 e. The standard InChI is InChI=1S/C23H20FN5O2/c24-16-5-1-15(2-6-16)21-20-19(18(13-25)22(26)31-23(20)28-27-21)14-3-7-17(8-4-14)29-9-11-30-12-10-29/h1-8,18-19,26H,9-12H2,(H,27,28). The molecule has 3 heterocycles. The van der Waals surface area contributed by atoms with E-state index >= 15 is 0 Å². The van der Waals surface area contributed by atoms with Gasteiger partial charge in [-0.15, -0.1) is 5.10 Å². The molecule has 2 unspecified atom stereocenters. The van der Waals surface area contributed by atoms with Gasteiger partial charge in [0.05, 0.1) is 30.5 Å². The number of ether oxygens (including phenoxy) is 2. The zero-order chi connectivity index (χ0) is 21.4. The minimum absolute atomic E-state index is 0.130. The third-order valence-electron chi connectivity index (χ3n) is 5.80. The summed E-state index contributed by atoms with van der Waals surface area (Å²) in [6, 6.07) is 16.3. The van der Waals surface area contributed by atoms with Gasteiger partial charge in [0, 0.05) is 30.3 Å². The zero-order valence-corrected chi connectivity index (χ0v) is 16.6. The van der Waals surface area contributed by atoms with Crippen molar-refractivity contribution in [2.24, 2.45) is 5.92 Å². The summed E-state index contributed by atoms with van der Waals surface area (Å²) < 4.78 is 24.4. The Labute approximate surface area is 178 Å². The molecule has 7 nitrogen and oxygen atoms in total. The van der Waals surface area contributed by atoms with E-state index in [-0.39, 0.29) is 17.6 Å². The van der Waals surface area contributed by atoms with Gasteiger partial charge in [-0.1, -0.05) is 12.1 Å². The van der Waals surface area contributed by atoms with Crippen molar-refractivity contribution in [3.63, 3.8) is 0 Å². The van der Waals surface area contributed by atoms with Gasteiger partial charge < -0.3 is 14.4 Å². The van der Waals surface area contributed by atoms with Gasteiger partial charge in [-0.2, -0.15) is 5.26 Å². The fourth-order valence-corrected chi connectivity index (χ4v) is 4.23. The van der Waals surface area contributed by atoms with E-state index in [0.29, 0.717) is 24.5 Å². The third-order valence-corrected chi connectivity index (χ3v) is 5.80. The monoisotopic (exact) mass is 417 g/mol. The van der Waals surface area contributed by atoms with Crippen molar-refractivity contribution < 1.29 is 13.9 Å². The number of nitrogens with one attached hydrogen (secondary N) is 2. The first kappa shape index (κ1) is 19.3. The lowest BCUT2D eigenvalue weighted by Gasteiger charge is -2.30. The number of halogens is 1. The van der Waals surface area contributed by atoms with Crippen molar-refractivity contribution in [1.29, 1.82) is 10.7 Å². The Bertz CT molecular complexity index is 1140. The van der Waals surface area contributed by atoms with Crippen LogP contribution in [0.4, 0.5) is 10.1 Å². The van der Waals surface area contributed by atoms with Gasteiger partial charge in [0.15, 0.2) is 0 Å². The second-order valence-corrected chi connectivity index (χ2v) is 7.57. The average Bonchev–Trinajstić information content (AvgIpc) is 3.22.